The van der Waals surface area contributed by atoms with Gasteiger partial charge in [0.15, 0.2) is 0 Å². The molecule has 0 aliphatic carbocycles. The molecule has 0 radical (unpaired) electrons. The van der Waals surface area contributed by atoms with Crippen molar-refractivity contribution in [1.82, 2.24) is 0 Å². The number of carbonyl (C=O) groups is 9. The first kappa shape index (κ1) is 55.5. The summed E-state index contributed by atoms with van der Waals surface area (Å²) in [5, 5.41) is 65.4. The van der Waals surface area contributed by atoms with Crippen molar-refractivity contribution in [3.63, 3.8) is 0 Å². The van der Waals surface area contributed by atoms with Gasteiger partial charge in [-0.05, 0) is 12.8 Å². The molecular weight excluding hydrogens is 742 g/mol. The monoisotopic (exact) mass is 787 g/mol. The van der Waals surface area contributed by atoms with Gasteiger partial charge in [-0.1, -0.05) is 21.6 Å². The first-order chi connectivity index (χ1) is 22.7. The van der Waals surface area contributed by atoms with Gasteiger partial charge < -0.3 is 81.0 Å². The highest BCUT2D eigenvalue weighted by Crippen LogP contribution is 2.22. The molecule has 0 aliphatic rings. The number of carboxylic acid groups (broad SMARTS) is 8. The molecule has 24 nitrogen and oxygen atoms in total. The number of hydrogen-bond donors (Lipinski definition) is 16. The number of hydrogen-bond acceptors (Lipinski definition) is 18. The number of rotatable bonds is 20. The lowest BCUT2D eigenvalue weighted by Gasteiger charge is -2.07. The van der Waals surface area contributed by atoms with E-state index in [0.29, 0.717) is 0 Å². The first-order valence-electron chi connectivity index (χ1n) is 13.2. The van der Waals surface area contributed by atoms with Crippen LogP contribution in [0.2, 0.25) is 0 Å². The topological polar surface area (TPSA) is 498 Å². The molecule has 0 rings (SSSR count). The third-order valence-corrected chi connectivity index (χ3v) is 7.31. The van der Waals surface area contributed by atoms with E-state index in [4.69, 9.17) is 81.0 Å². The summed E-state index contributed by atoms with van der Waals surface area (Å²) in [6.07, 6.45) is -0.633. The Balaban J connectivity index is -0.000000172. The van der Waals surface area contributed by atoms with Gasteiger partial charge in [-0.2, -0.15) is 12.6 Å². The van der Waals surface area contributed by atoms with Crippen LogP contribution in [-0.4, -0.2) is 148 Å². The van der Waals surface area contributed by atoms with Crippen molar-refractivity contribution in [3.8, 4) is 0 Å². The molecule has 6 atom stereocenters. The maximum Gasteiger partial charge on any atom is 0.321 e. The van der Waals surface area contributed by atoms with E-state index in [2.05, 4.69) is 12.6 Å². The van der Waals surface area contributed by atoms with Crippen LogP contribution in [0.4, 0.5) is 0 Å². The second-order valence-corrected chi connectivity index (χ2v) is 11.9. The maximum absolute atomic E-state index is 10.3. The number of primary amides is 1. The molecule has 0 heterocycles. The summed E-state index contributed by atoms with van der Waals surface area (Å²) in [6, 6.07) is -5.99. The number of aliphatic carboxylic acids is 8. The zero-order chi connectivity index (χ0) is 40.7. The minimum atomic E-state index is -1.29. The molecule has 0 saturated heterocycles. The van der Waals surface area contributed by atoms with Crippen molar-refractivity contribution < 1.29 is 84.0 Å². The quantitative estimate of drug-likeness (QED) is 0.0313. The molecular formula is C23H45N7O17S3. The van der Waals surface area contributed by atoms with Crippen LogP contribution in [0.3, 0.4) is 0 Å². The van der Waals surface area contributed by atoms with Gasteiger partial charge >= 0.3 is 47.8 Å². The molecule has 22 N–H and O–H groups in total. The predicted octanol–water partition coefficient (Wildman–Crippen LogP) is -4.68. The first-order valence-corrected chi connectivity index (χ1v) is 16.3. The van der Waals surface area contributed by atoms with Gasteiger partial charge in [-0.15, -0.1) is 0 Å². The lowest BCUT2D eigenvalue weighted by atomic mass is 10.2. The SMILES string of the molecule is NC(=O)CC[C@H](N)C(=O)O.N[C@@H](CC(=O)O)C(=O)O.N[C@@H](CCC(=O)O)C(=O)O.N[C@@H](CS)C(=O)O.N[C@@H](CSSC[C@H](N)C(=O)O)C(=O)O. The molecule has 292 valence electrons. The van der Waals surface area contributed by atoms with E-state index < -0.39 is 96.3 Å². The molecule has 0 unspecified atom stereocenters. The van der Waals surface area contributed by atoms with E-state index in [-0.39, 0.29) is 42.9 Å². The largest absolute Gasteiger partial charge is 0.481 e. The van der Waals surface area contributed by atoms with Crippen LogP contribution in [0, 0.1) is 0 Å². The van der Waals surface area contributed by atoms with Crippen molar-refractivity contribution in [2.45, 2.75) is 68.4 Å². The summed E-state index contributed by atoms with van der Waals surface area (Å²) in [5.41, 5.74) is 35.0. The fourth-order valence-corrected chi connectivity index (χ4v) is 3.95. The Bertz CT molecular complexity index is 1030. The van der Waals surface area contributed by atoms with Gasteiger partial charge in [-0.3, -0.25) is 43.2 Å². The number of nitrogens with two attached hydrogens (primary N) is 7. The van der Waals surface area contributed by atoms with Gasteiger partial charge in [-0.25, -0.2) is 0 Å². The number of carboxylic acids is 8. The summed E-state index contributed by atoms with van der Waals surface area (Å²) >= 11 is 3.65. The zero-order valence-electron chi connectivity index (χ0n) is 26.2. The van der Waals surface area contributed by atoms with E-state index in [1.54, 1.807) is 0 Å². The molecule has 0 fully saturated rings. The van der Waals surface area contributed by atoms with Crippen LogP contribution in [0.15, 0.2) is 0 Å². The average Bonchev–Trinajstić information content (AvgIpc) is 3.00. The van der Waals surface area contributed by atoms with Crippen LogP contribution in [-0.2, 0) is 43.2 Å². The molecule has 0 saturated carbocycles. The van der Waals surface area contributed by atoms with E-state index in [9.17, 15) is 43.2 Å². The Morgan fingerprint density at radius 1 is 0.460 bits per heavy atom. The number of carbonyl (C=O) groups excluding carboxylic acids is 1. The smallest absolute Gasteiger partial charge is 0.321 e. The van der Waals surface area contributed by atoms with Crippen LogP contribution < -0.4 is 40.1 Å². The minimum absolute atomic E-state index is 0.0213. The lowest BCUT2D eigenvalue weighted by Crippen LogP contribution is -2.33. The van der Waals surface area contributed by atoms with Gasteiger partial charge in [0.05, 0.1) is 6.42 Å². The summed E-state index contributed by atoms with van der Waals surface area (Å²) < 4.78 is 0. The molecule has 1 amide bonds. The standard InChI is InChI=1S/C6H12N2O4S2.C5H10N2O3.C5H9NO4.C4H7NO4.C3H7NO2S/c7-3(5(9)10)1-13-14-2-4(8)6(11)12;2*6-3(5(9)10)1-2-4(7)8;5-2(4(8)9)1-3(6)7;4-2(1-7)3(5)6/h3-4H,1-2,7-8H2,(H,9,10)(H,11,12);3H,1-2,6H2,(H2,7,8)(H,9,10);3H,1-2,6H2,(H,7,8)(H,9,10);2H,1,5H2,(H,6,7)(H,8,9);2,7H,1,4H2,(H,5,6)/t3-,4-;2*3-;2*2-/m00000/s1. The lowest BCUT2D eigenvalue weighted by molar-refractivity contribution is -0.144. The van der Waals surface area contributed by atoms with Crippen LogP contribution in [0.5, 0.6) is 0 Å². The Morgan fingerprint density at radius 2 is 0.760 bits per heavy atom. The molecule has 0 spiro atoms. The molecule has 0 bridgehead atoms. The highest BCUT2D eigenvalue weighted by atomic mass is 33.1. The van der Waals surface area contributed by atoms with Crippen molar-refractivity contribution in [2.24, 2.45) is 40.1 Å². The number of thiol groups is 1. The Morgan fingerprint density at radius 3 is 0.940 bits per heavy atom. The second-order valence-electron chi connectivity index (χ2n) is 8.96. The van der Waals surface area contributed by atoms with Crippen molar-refractivity contribution in [2.75, 3.05) is 17.3 Å². The molecule has 50 heavy (non-hydrogen) atoms. The van der Waals surface area contributed by atoms with Gasteiger partial charge in [0, 0.05) is 30.1 Å². The second kappa shape index (κ2) is 33.5. The molecule has 0 aromatic carbocycles. The average molecular weight is 788 g/mol. The molecule has 0 aliphatic heterocycles. The predicted molar refractivity (Wildman–Crippen MR) is 180 cm³/mol. The molecule has 27 heteroatoms. The Kier molecular flexibility index (Phi) is 37.2. The van der Waals surface area contributed by atoms with E-state index in [0.717, 1.165) is 0 Å². The van der Waals surface area contributed by atoms with E-state index in [1.807, 2.05) is 0 Å². The van der Waals surface area contributed by atoms with Crippen molar-refractivity contribution >= 4 is 87.9 Å². The summed E-state index contributed by atoms with van der Waals surface area (Å²) in [4.78, 5) is 89.9. The maximum atomic E-state index is 10.3. The minimum Gasteiger partial charge on any atom is -0.481 e. The Labute approximate surface area is 297 Å². The normalized spacial score (nSPS) is 13.3. The summed E-state index contributed by atoms with van der Waals surface area (Å²) in [7, 11) is 2.41. The molecule has 0 aromatic rings. The fourth-order valence-electron chi connectivity index (χ4n) is 1.56. The van der Waals surface area contributed by atoms with E-state index >= 15 is 0 Å². The Hall–Kier alpha value is -3.96. The third-order valence-electron chi connectivity index (χ3n) is 4.44. The highest BCUT2D eigenvalue weighted by Gasteiger charge is 2.16. The summed E-state index contributed by atoms with van der Waals surface area (Å²) in [6.45, 7) is 0. The van der Waals surface area contributed by atoms with Crippen molar-refractivity contribution in [3.05, 3.63) is 0 Å². The summed E-state index contributed by atoms with van der Waals surface area (Å²) in [5.74, 6) is -8.83. The number of amides is 1. The fraction of sp³-hybridized carbons (Fsp3) is 0.609. The van der Waals surface area contributed by atoms with Gasteiger partial charge in [0.2, 0.25) is 5.91 Å². The third kappa shape index (κ3) is 44.0. The van der Waals surface area contributed by atoms with E-state index in [1.165, 1.54) is 21.6 Å². The van der Waals surface area contributed by atoms with Crippen LogP contribution in [0.1, 0.15) is 32.1 Å². The zero-order valence-corrected chi connectivity index (χ0v) is 28.7. The van der Waals surface area contributed by atoms with Gasteiger partial charge in [0.1, 0.15) is 36.3 Å². The molecule has 0 aromatic heterocycles. The van der Waals surface area contributed by atoms with Crippen LogP contribution >= 0.6 is 34.2 Å². The van der Waals surface area contributed by atoms with Gasteiger partial charge in [0.25, 0.3) is 0 Å². The highest BCUT2D eigenvalue weighted by molar-refractivity contribution is 8.76. The van der Waals surface area contributed by atoms with Crippen molar-refractivity contribution in [1.29, 1.82) is 0 Å². The van der Waals surface area contributed by atoms with Crippen LogP contribution in [0.25, 0.3) is 0 Å².